The molecule has 2 heterocycles. The van der Waals surface area contributed by atoms with Gasteiger partial charge >= 0.3 is 0 Å². The van der Waals surface area contributed by atoms with Crippen LogP contribution in [0, 0.1) is 11.8 Å². The summed E-state index contributed by atoms with van der Waals surface area (Å²) in [5, 5.41) is 3.69. The third-order valence-electron chi connectivity index (χ3n) is 10.3. The quantitative estimate of drug-likeness (QED) is 0.319. The summed E-state index contributed by atoms with van der Waals surface area (Å²) >= 11 is 6.43. The summed E-state index contributed by atoms with van der Waals surface area (Å²) in [6.07, 6.45) is 11.3. The molecule has 0 saturated heterocycles. The van der Waals surface area contributed by atoms with E-state index in [0.29, 0.717) is 43.3 Å². The van der Waals surface area contributed by atoms with Crippen LogP contribution in [-0.2, 0) is 26.3 Å². The number of hydrogen-bond donors (Lipinski definition) is 2. The van der Waals surface area contributed by atoms with E-state index in [0.717, 1.165) is 61.7 Å². The highest BCUT2D eigenvalue weighted by atomic mass is 35.5. The Hall–Kier alpha value is -2.97. The van der Waals surface area contributed by atoms with Gasteiger partial charge in [0, 0.05) is 41.3 Å². The molecule has 2 bridgehead atoms. The molecule has 0 aromatic heterocycles. The summed E-state index contributed by atoms with van der Waals surface area (Å²) in [4.78, 5) is 28.3. The van der Waals surface area contributed by atoms with Crippen LogP contribution >= 0.6 is 11.6 Å². The lowest BCUT2D eigenvalue weighted by atomic mass is 9.68. The molecule has 1 spiro atoms. The van der Waals surface area contributed by atoms with Crippen LogP contribution in [0.2, 0.25) is 5.02 Å². The molecule has 0 radical (unpaired) electrons. The third-order valence-corrected chi connectivity index (χ3v) is 12.7. The van der Waals surface area contributed by atoms with Gasteiger partial charge in [0.25, 0.3) is 5.91 Å². The van der Waals surface area contributed by atoms with Crippen LogP contribution in [0.25, 0.3) is 0 Å². The molecular formula is C35H44ClN3O4S. The molecule has 236 valence electrons. The Morgan fingerprint density at radius 3 is 2.82 bits per heavy atom. The van der Waals surface area contributed by atoms with Crippen LogP contribution in [0.1, 0.15) is 80.3 Å². The Bertz CT molecular complexity index is 1570. The highest BCUT2D eigenvalue weighted by molar-refractivity contribution is 7.99. The first-order valence-corrected chi connectivity index (χ1v) is 18.2. The van der Waals surface area contributed by atoms with E-state index in [2.05, 4.69) is 45.1 Å². The van der Waals surface area contributed by atoms with Crippen LogP contribution in [0.4, 0.5) is 5.69 Å². The van der Waals surface area contributed by atoms with E-state index >= 15 is 0 Å². The van der Waals surface area contributed by atoms with E-state index in [1.54, 1.807) is 13.0 Å². The molecule has 1 fully saturated rings. The van der Waals surface area contributed by atoms with Crippen molar-refractivity contribution in [3.8, 4) is 5.75 Å². The minimum atomic E-state index is -2.90. The number of hydrogen-bond acceptors (Lipinski definition) is 5. The van der Waals surface area contributed by atoms with Crippen LogP contribution in [-0.4, -0.2) is 52.9 Å². The summed E-state index contributed by atoms with van der Waals surface area (Å²) in [6.45, 7) is 5.62. The van der Waals surface area contributed by atoms with E-state index in [-0.39, 0.29) is 28.5 Å². The summed E-state index contributed by atoms with van der Waals surface area (Å²) < 4.78 is 23.1. The third kappa shape index (κ3) is 6.12. The molecule has 7 nitrogen and oxygen atoms in total. The minimum Gasteiger partial charge on any atom is -0.490 e. The number of allylic oxidation sites excluding steroid dienone is 1. The number of fused-ring (bicyclic) bond motifs is 4. The van der Waals surface area contributed by atoms with Crippen LogP contribution in [0.3, 0.4) is 0 Å². The number of amides is 2. The first kappa shape index (κ1) is 31.0. The average molecular weight is 638 g/mol. The van der Waals surface area contributed by atoms with Gasteiger partial charge in [0.1, 0.15) is 5.75 Å². The largest absolute Gasteiger partial charge is 0.490 e. The number of benzene rings is 2. The molecule has 44 heavy (non-hydrogen) atoms. The number of anilines is 1. The number of aryl methyl sites for hydroxylation is 1. The normalized spacial score (nSPS) is 32.6. The fourth-order valence-corrected chi connectivity index (χ4v) is 9.70. The Labute approximate surface area is 266 Å². The lowest BCUT2D eigenvalue weighted by Gasteiger charge is -2.46. The van der Waals surface area contributed by atoms with Crippen molar-refractivity contribution in [1.29, 1.82) is 0 Å². The molecule has 1 saturated carbocycles. The fraction of sp³-hybridized carbons (Fsp3) is 0.514. The monoisotopic (exact) mass is 637 g/mol. The van der Waals surface area contributed by atoms with Gasteiger partial charge in [0.05, 0.1) is 28.0 Å². The molecule has 2 aromatic rings. The molecule has 1 unspecified atom stereocenters. The van der Waals surface area contributed by atoms with E-state index in [1.165, 1.54) is 11.1 Å². The van der Waals surface area contributed by atoms with Gasteiger partial charge in [-0.1, -0.05) is 36.7 Å². The highest BCUT2D eigenvalue weighted by Crippen LogP contribution is 2.46. The number of carbonyl (C=O) groups is 2. The van der Waals surface area contributed by atoms with Gasteiger partial charge in [-0.05, 0) is 111 Å². The van der Waals surface area contributed by atoms with Crippen molar-refractivity contribution < 1.29 is 18.5 Å². The van der Waals surface area contributed by atoms with Gasteiger partial charge in [-0.15, -0.1) is 0 Å². The first-order valence-electron chi connectivity index (χ1n) is 16.0. The maximum absolute atomic E-state index is 13.7. The Kier molecular flexibility index (Phi) is 8.77. The average Bonchev–Trinajstić information content (AvgIpc) is 3.11. The fourth-order valence-electron chi connectivity index (χ4n) is 7.85. The predicted octanol–water partition coefficient (Wildman–Crippen LogP) is 5.83. The van der Waals surface area contributed by atoms with Crippen LogP contribution < -0.4 is 19.7 Å². The first-order chi connectivity index (χ1) is 21.1. The van der Waals surface area contributed by atoms with E-state index in [9.17, 15) is 13.8 Å². The number of ether oxygens (including phenoxy) is 1. The summed E-state index contributed by atoms with van der Waals surface area (Å²) in [5.41, 5.74) is 3.66. The smallest absolute Gasteiger partial charge is 0.262 e. The predicted molar refractivity (Wildman–Crippen MR) is 179 cm³/mol. The molecule has 6 atom stereocenters. The lowest BCUT2D eigenvalue weighted by Crippen LogP contribution is -2.51. The zero-order valence-electron chi connectivity index (χ0n) is 25.8. The Morgan fingerprint density at radius 2 is 2.07 bits per heavy atom. The molecule has 9 heteroatoms. The van der Waals surface area contributed by atoms with Gasteiger partial charge in [-0.2, -0.15) is 0 Å². The maximum Gasteiger partial charge on any atom is 0.262 e. The van der Waals surface area contributed by atoms with E-state index in [4.69, 9.17) is 16.3 Å². The number of nitrogens with one attached hydrogen (secondary N) is 2. The second-order valence-corrected chi connectivity index (χ2v) is 16.0. The standard InChI is InChI=1S/C35H44ClN3O4S/c1-4-28-9-5-6-10-31(37-23(2)40)29-14-11-26(29)20-39-21-35(17-7-8-24-18-27(36)13-15-30(24)35)22-43-33-16-12-25(19-32(33)39)34(41)38-44(28,3)42/h6,10,12-13,15-16,18-19,26,28-29,31H,3-5,7-9,11,14,17,20-22H2,1-2H3,(H,37,40)(H,38,41,42)/b10-6+/t26-,28+,29+,31-,35-,44?/m0/s1. The molecule has 2 N–H and O–H groups in total. The Balaban J connectivity index is 1.43. The molecule has 2 aliphatic heterocycles. The summed E-state index contributed by atoms with van der Waals surface area (Å²) in [7, 11) is -2.90. The van der Waals surface area contributed by atoms with Crippen LogP contribution in [0.15, 0.2) is 48.6 Å². The minimum absolute atomic E-state index is 0.0378. The molecule has 6 rings (SSSR count). The van der Waals surface area contributed by atoms with Gasteiger partial charge in [0.15, 0.2) is 0 Å². The second-order valence-electron chi connectivity index (χ2n) is 13.2. The van der Waals surface area contributed by atoms with Crippen molar-refractivity contribution in [1.82, 2.24) is 10.0 Å². The second kappa shape index (κ2) is 12.4. The lowest BCUT2D eigenvalue weighted by molar-refractivity contribution is -0.120. The Morgan fingerprint density at radius 1 is 1.23 bits per heavy atom. The zero-order chi connectivity index (χ0) is 31.1. The SMILES string of the molecule is C=S1(=O)NC(=O)c2ccc3c(c2)N(C[C@@H]2CC[C@H]2[C@@H](NC(C)=O)/C=C/CC[C@H]1CC)C[C@@]1(CCCc2cc(Cl)ccc21)CO3. The van der Waals surface area contributed by atoms with Crippen molar-refractivity contribution >= 4 is 44.7 Å². The van der Waals surface area contributed by atoms with E-state index < -0.39 is 9.71 Å². The van der Waals surface area contributed by atoms with Gasteiger partial charge in [-0.25, -0.2) is 4.21 Å². The van der Waals surface area contributed by atoms with Crippen LogP contribution in [0.5, 0.6) is 5.75 Å². The van der Waals surface area contributed by atoms with Crippen molar-refractivity contribution in [3.05, 3.63) is 70.3 Å². The zero-order valence-corrected chi connectivity index (χ0v) is 27.4. The number of rotatable bonds is 2. The summed E-state index contributed by atoms with van der Waals surface area (Å²) in [5.74, 6) is 4.98. The number of halogens is 1. The molecule has 4 aliphatic rings. The summed E-state index contributed by atoms with van der Waals surface area (Å²) in [6, 6.07) is 11.7. The molecule has 2 amide bonds. The van der Waals surface area contributed by atoms with Crippen molar-refractivity contribution in [3.63, 3.8) is 0 Å². The van der Waals surface area contributed by atoms with E-state index in [1.807, 2.05) is 25.1 Å². The van der Waals surface area contributed by atoms with Crippen molar-refractivity contribution in [2.75, 3.05) is 24.6 Å². The van der Waals surface area contributed by atoms with Crippen molar-refractivity contribution in [2.45, 2.75) is 81.9 Å². The maximum atomic E-state index is 13.7. The highest BCUT2D eigenvalue weighted by Gasteiger charge is 2.44. The molecule has 2 aliphatic carbocycles. The number of nitrogens with zero attached hydrogens (tertiary/aromatic N) is 1. The van der Waals surface area contributed by atoms with Gasteiger partial charge in [-0.3, -0.25) is 14.3 Å². The molecular weight excluding hydrogens is 594 g/mol. The number of carbonyl (C=O) groups excluding carboxylic acids is 2. The van der Waals surface area contributed by atoms with Gasteiger partial charge < -0.3 is 15.0 Å². The van der Waals surface area contributed by atoms with Crippen molar-refractivity contribution in [2.24, 2.45) is 11.8 Å². The van der Waals surface area contributed by atoms with Gasteiger partial charge in [0.2, 0.25) is 5.91 Å². The topological polar surface area (TPSA) is 87.7 Å². The molecule has 2 aromatic carbocycles.